The lowest BCUT2D eigenvalue weighted by Crippen LogP contribution is -2.57. The van der Waals surface area contributed by atoms with Crippen molar-refractivity contribution in [1.82, 2.24) is 0 Å². The standard InChI is InChI=1S/C34H35ClO5/c35-34-33(39-23-28-17-9-3-10-18-28)32(38-22-27-15-7-2-8-16-27)30(24-37-29-19-11-4-12-20-29)31(40-34)25-36-21-26-13-5-1-6-14-26/h1-20,30-34H,21-25H2/t30-,31-,32+,33-,34?/m1/s1. The first-order chi connectivity index (χ1) is 19.8. The average Bonchev–Trinajstić information content (AvgIpc) is 3.01. The number of halogens is 1. The fourth-order valence-corrected chi connectivity index (χ4v) is 5.16. The summed E-state index contributed by atoms with van der Waals surface area (Å²) in [7, 11) is 0. The SMILES string of the molecule is ClC1O[C@H](COCc2ccccc2)[C@@H](COc2ccccc2)[C@H](OCc2ccccc2)[C@H]1OCc1ccccc1. The summed E-state index contributed by atoms with van der Waals surface area (Å²) in [4.78, 5) is 0. The Hall–Kier alpha value is -3.19. The molecular weight excluding hydrogens is 524 g/mol. The van der Waals surface area contributed by atoms with Gasteiger partial charge in [0.15, 0.2) is 5.56 Å². The van der Waals surface area contributed by atoms with E-state index in [1.165, 1.54) is 0 Å². The van der Waals surface area contributed by atoms with Gasteiger partial charge in [-0.1, -0.05) is 121 Å². The van der Waals surface area contributed by atoms with E-state index < -0.39 is 17.8 Å². The molecule has 0 amide bonds. The summed E-state index contributed by atoms with van der Waals surface area (Å²) in [6.07, 6.45) is -1.26. The second-order valence-corrected chi connectivity index (χ2v) is 10.3. The normalized spacial score (nSPS) is 22.6. The van der Waals surface area contributed by atoms with Gasteiger partial charge in [-0.05, 0) is 28.8 Å². The lowest BCUT2D eigenvalue weighted by Gasteiger charge is -2.44. The highest BCUT2D eigenvalue weighted by Gasteiger charge is 2.47. The van der Waals surface area contributed by atoms with Crippen LogP contribution < -0.4 is 4.74 Å². The third kappa shape index (κ3) is 8.17. The molecule has 0 aromatic heterocycles. The van der Waals surface area contributed by atoms with Crippen molar-refractivity contribution >= 4 is 11.6 Å². The number of alkyl halides is 1. The van der Waals surface area contributed by atoms with Gasteiger partial charge in [0.25, 0.3) is 0 Å². The summed E-state index contributed by atoms with van der Waals surface area (Å²) in [5.41, 5.74) is 2.50. The number of ether oxygens (including phenoxy) is 5. The molecule has 5 nitrogen and oxygen atoms in total. The maximum Gasteiger partial charge on any atom is 0.160 e. The van der Waals surface area contributed by atoms with Crippen LogP contribution in [0.25, 0.3) is 0 Å². The van der Waals surface area contributed by atoms with Crippen LogP contribution in [0.5, 0.6) is 5.75 Å². The molecule has 4 aromatic rings. The molecule has 40 heavy (non-hydrogen) atoms. The van der Waals surface area contributed by atoms with E-state index in [9.17, 15) is 0 Å². The minimum absolute atomic E-state index is 0.199. The minimum atomic E-state index is -0.720. The van der Waals surface area contributed by atoms with E-state index >= 15 is 0 Å². The molecule has 1 fully saturated rings. The molecule has 1 aliphatic heterocycles. The van der Waals surface area contributed by atoms with Crippen molar-refractivity contribution in [1.29, 1.82) is 0 Å². The Balaban J connectivity index is 1.36. The molecule has 0 spiro atoms. The van der Waals surface area contributed by atoms with E-state index in [-0.39, 0.29) is 12.0 Å². The molecular formula is C34H35ClO5. The monoisotopic (exact) mass is 558 g/mol. The maximum absolute atomic E-state index is 6.87. The van der Waals surface area contributed by atoms with Gasteiger partial charge in [-0.2, -0.15) is 0 Å². The van der Waals surface area contributed by atoms with Gasteiger partial charge in [-0.3, -0.25) is 0 Å². The Kier molecular flexibility index (Phi) is 10.6. The van der Waals surface area contributed by atoms with Gasteiger partial charge in [-0.25, -0.2) is 0 Å². The zero-order valence-electron chi connectivity index (χ0n) is 22.4. The third-order valence-electron chi connectivity index (χ3n) is 6.94. The molecule has 1 saturated heterocycles. The molecule has 1 aliphatic rings. The fraction of sp³-hybridized carbons (Fsp3) is 0.294. The summed E-state index contributed by atoms with van der Waals surface area (Å²) in [5.74, 6) is 0.582. The van der Waals surface area contributed by atoms with Crippen molar-refractivity contribution in [3.63, 3.8) is 0 Å². The summed E-state index contributed by atoms with van der Waals surface area (Å²) in [6, 6.07) is 40.0. The third-order valence-corrected chi connectivity index (χ3v) is 7.29. The van der Waals surface area contributed by atoms with E-state index in [0.29, 0.717) is 33.0 Å². The zero-order valence-corrected chi connectivity index (χ0v) is 23.1. The predicted molar refractivity (Wildman–Crippen MR) is 156 cm³/mol. The first-order valence-corrected chi connectivity index (χ1v) is 14.1. The van der Waals surface area contributed by atoms with Crippen molar-refractivity contribution < 1.29 is 23.7 Å². The summed E-state index contributed by atoms with van der Waals surface area (Å²) < 4.78 is 31.8. The van der Waals surface area contributed by atoms with Gasteiger partial charge in [-0.15, -0.1) is 0 Å². The second kappa shape index (κ2) is 15.0. The Morgan fingerprint density at radius 2 is 1.02 bits per heavy atom. The van der Waals surface area contributed by atoms with Crippen LogP contribution in [0.1, 0.15) is 16.7 Å². The molecule has 0 saturated carbocycles. The topological polar surface area (TPSA) is 46.2 Å². The quantitative estimate of drug-likeness (QED) is 0.165. The second-order valence-electron chi connectivity index (χ2n) is 9.84. The van der Waals surface area contributed by atoms with Crippen LogP contribution in [0.3, 0.4) is 0 Å². The van der Waals surface area contributed by atoms with Gasteiger partial charge in [0.05, 0.1) is 51.2 Å². The van der Waals surface area contributed by atoms with E-state index in [4.69, 9.17) is 35.3 Å². The zero-order chi connectivity index (χ0) is 27.4. The van der Waals surface area contributed by atoms with Gasteiger partial charge in [0.1, 0.15) is 11.9 Å². The molecule has 5 rings (SSSR count). The molecule has 4 aromatic carbocycles. The summed E-state index contributed by atoms with van der Waals surface area (Å²) in [6.45, 7) is 1.99. The van der Waals surface area contributed by atoms with Crippen LogP contribution in [-0.2, 0) is 38.8 Å². The fourth-order valence-electron chi connectivity index (χ4n) is 4.81. The minimum Gasteiger partial charge on any atom is -0.493 e. The highest BCUT2D eigenvalue weighted by atomic mass is 35.5. The van der Waals surface area contributed by atoms with Crippen LogP contribution in [-0.4, -0.2) is 37.1 Å². The number of rotatable bonds is 13. The largest absolute Gasteiger partial charge is 0.493 e. The van der Waals surface area contributed by atoms with Crippen molar-refractivity contribution in [2.75, 3.05) is 13.2 Å². The lowest BCUT2D eigenvalue weighted by molar-refractivity contribution is -0.228. The van der Waals surface area contributed by atoms with Gasteiger partial charge >= 0.3 is 0 Å². The lowest BCUT2D eigenvalue weighted by atomic mass is 9.90. The number of benzene rings is 4. The van der Waals surface area contributed by atoms with Crippen molar-refractivity contribution in [3.05, 3.63) is 138 Å². The van der Waals surface area contributed by atoms with Crippen LogP contribution in [0, 0.1) is 5.92 Å². The van der Waals surface area contributed by atoms with E-state index in [1.54, 1.807) is 0 Å². The van der Waals surface area contributed by atoms with Crippen LogP contribution in [0.15, 0.2) is 121 Å². The summed E-state index contributed by atoms with van der Waals surface area (Å²) in [5, 5.41) is 0. The smallest absolute Gasteiger partial charge is 0.160 e. The van der Waals surface area contributed by atoms with E-state index in [2.05, 4.69) is 0 Å². The molecule has 0 bridgehead atoms. The molecule has 6 heteroatoms. The van der Waals surface area contributed by atoms with Crippen LogP contribution >= 0.6 is 11.6 Å². The Morgan fingerprint density at radius 1 is 0.550 bits per heavy atom. The number of hydrogen-bond donors (Lipinski definition) is 0. The van der Waals surface area contributed by atoms with Gasteiger partial charge in [0, 0.05) is 0 Å². The predicted octanol–water partition coefficient (Wildman–Crippen LogP) is 7.03. The molecule has 1 unspecified atom stereocenters. The molecule has 208 valence electrons. The van der Waals surface area contributed by atoms with Crippen molar-refractivity contribution in [2.45, 2.75) is 43.7 Å². The van der Waals surface area contributed by atoms with Crippen LogP contribution in [0.4, 0.5) is 0 Å². The van der Waals surface area contributed by atoms with Gasteiger partial charge < -0.3 is 23.7 Å². The maximum atomic E-state index is 6.87. The first-order valence-electron chi connectivity index (χ1n) is 13.7. The molecule has 5 atom stereocenters. The number of hydrogen-bond acceptors (Lipinski definition) is 5. The highest BCUT2D eigenvalue weighted by molar-refractivity contribution is 6.20. The van der Waals surface area contributed by atoms with E-state index in [1.807, 2.05) is 121 Å². The molecule has 0 aliphatic carbocycles. The molecule has 1 heterocycles. The molecule has 0 radical (unpaired) electrons. The highest BCUT2D eigenvalue weighted by Crippen LogP contribution is 2.34. The first kappa shape index (κ1) is 28.3. The summed E-state index contributed by atoms with van der Waals surface area (Å²) >= 11 is 6.87. The Morgan fingerprint density at radius 3 is 1.57 bits per heavy atom. The Labute approximate surface area is 241 Å². The average molecular weight is 559 g/mol. The van der Waals surface area contributed by atoms with E-state index in [0.717, 1.165) is 22.4 Å². The van der Waals surface area contributed by atoms with Crippen molar-refractivity contribution in [2.24, 2.45) is 5.92 Å². The van der Waals surface area contributed by atoms with Crippen molar-refractivity contribution in [3.8, 4) is 5.75 Å². The Bertz CT molecular complexity index is 1240. The van der Waals surface area contributed by atoms with Crippen LogP contribution in [0.2, 0.25) is 0 Å². The number of para-hydroxylation sites is 1. The van der Waals surface area contributed by atoms with Gasteiger partial charge in [0.2, 0.25) is 0 Å². The molecule has 0 N–H and O–H groups in total.